The van der Waals surface area contributed by atoms with Crippen molar-refractivity contribution in [2.75, 3.05) is 32.1 Å². The number of carbonyl (C=O) groups excluding carboxylic acids is 1. The second-order valence-electron chi connectivity index (χ2n) is 5.13. The fourth-order valence-corrected chi connectivity index (χ4v) is 2.27. The minimum absolute atomic E-state index is 0.0124. The van der Waals surface area contributed by atoms with E-state index in [0.29, 0.717) is 18.7 Å². The summed E-state index contributed by atoms with van der Waals surface area (Å²) in [7, 11) is 3.57. The maximum Gasteiger partial charge on any atom is 0.308 e. The highest BCUT2D eigenvalue weighted by Crippen LogP contribution is 2.22. The monoisotopic (exact) mass is 280 g/mol. The fraction of sp³-hybridized carbons (Fsp3) is 0.429. The van der Waals surface area contributed by atoms with Crippen LogP contribution in [0.25, 0.3) is 0 Å². The number of carbonyl (C=O) groups is 2. The first-order valence-corrected chi connectivity index (χ1v) is 6.39. The van der Waals surface area contributed by atoms with Crippen LogP contribution in [0.5, 0.6) is 0 Å². The van der Waals surface area contributed by atoms with Gasteiger partial charge in [-0.05, 0) is 24.6 Å². The van der Waals surface area contributed by atoms with E-state index in [1.54, 1.807) is 25.1 Å². The van der Waals surface area contributed by atoms with Crippen molar-refractivity contribution >= 4 is 17.6 Å². The highest BCUT2D eigenvalue weighted by molar-refractivity contribution is 5.95. The molecule has 1 aromatic carbocycles. The second-order valence-corrected chi connectivity index (χ2v) is 5.13. The molecular formula is C14H17FN2O3. The summed E-state index contributed by atoms with van der Waals surface area (Å²) < 4.78 is 14.0. The van der Waals surface area contributed by atoms with Crippen molar-refractivity contribution in [2.24, 2.45) is 5.92 Å². The van der Waals surface area contributed by atoms with Crippen LogP contribution in [-0.2, 0) is 4.79 Å². The standard InChI is InChI=1S/C14H17FN2O3/c1-16(2)10-3-4-11(12(15)7-10)13(18)17-6-5-9(8-17)14(19)20/h3-4,7,9H,5-6,8H2,1-2H3,(H,19,20). The van der Waals surface area contributed by atoms with E-state index >= 15 is 0 Å². The van der Waals surface area contributed by atoms with Crippen molar-refractivity contribution in [2.45, 2.75) is 6.42 Å². The van der Waals surface area contributed by atoms with Gasteiger partial charge in [-0.25, -0.2) is 4.39 Å². The first kappa shape index (κ1) is 14.3. The van der Waals surface area contributed by atoms with E-state index in [2.05, 4.69) is 0 Å². The van der Waals surface area contributed by atoms with Crippen LogP contribution in [0.1, 0.15) is 16.8 Å². The zero-order valence-corrected chi connectivity index (χ0v) is 11.5. The minimum Gasteiger partial charge on any atom is -0.481 e. The van der Waals surface area contributed by atoms with E-state index in [4.69, 9.17) is 5.11 Å². The quantitative estimate of drug-likeness (QED) is 0.910. The number of rotatable bonds is 3. The molecule has 1 N–H and O–H groups in total. The highest BCUT2D eigenvalue weighted by Gasteiger charge is 2.32. The van der Waals surface area contributed by atoms with Gasteiger partial charge in [-0.3, -0.25) is 9.59 Å². The summed E-state index contributed by atoms with van der Waals surface area (Å²) in [6.45, 7) is 0.494. The van der Waals surface area contributed by atoms with Crippen LogP contribution in [0, 0.1) is 11.7 Å². The third-order valence-electron chi connectivity index (χ3n) is 3.52. The Balaban J connectivity index is 2.16. The number of likely N-dealkylation sites (tertiary alicyclic amines) is 1. The number of amides is 1. The average molecular weight is 280 g/mol. The van der Waals surface area contributed by atoms with Crippen LogP contribution in [0.2, 0.25) is 0 Å². The first-order valence-electron chi connectivity index (χ1n) is 6.39. The average Bonchev–Trinajstić information content (AvgIpc) is 2.87. The SMILES string of the molecule is CN(C)c1ccc(C(=O)N2CCC(C(=O)O)C2)c(F)c1. The number of aliphatic carboxylic acids is 1. The molecule has 1 amide bonds. The molecule has 20 heavy (non-hydrogen) atoms. The second kappa shape index (κ2) is 5.48. The van der Waals surface area contributed by atoms with Crippen LogP contribution in [0.15, 0.2) is 18.2 Å². The molecule has 1 aromatic rings. The fourth-order valence-electron chi connectivity index (χ4n) is 2.27. The van der Waals surface area contributed by atoms with Gasteiger partial charge in [0.1, 0.15) is 5.82 Å². The Kier molecular flexibility index (Phi) is 3.92. The Labute approximate surface area is 116 Å². The van der Waals surface area contributed by atoms with Gasteiger partial charge >= 0.3 is 5.97 Å². The summed E-state index contributed by atoms with van der Waals surface area (Å²) in [5.74, 6) is -2.50. The van der Waals surface area contributed by atoms with Crippen LogP contribution in [-0.4, -0.2) is 49.1 Å². The Morgan fingerprint density at radius 2 is 2.10 bits per heavy atom. The largest absolute Gasteiger partial charge is 0.481 e. The number of hydrogen-bond acceptors (Lipinski definition) is 3. The van der Waals surface area contributed by atoms with Gasteiger partial charge < -0.3 is 14.9 Å². The molecule has 1 aliphatic rings. The van der Waals surface area contributed by atoms with Gasteiger partial charge in [0.05, 0.1) is 11.5 Å². The molecule has 5 nitrogen and oxygen atoms in total. The van der Waals surface area contributed by atoms with Gasteiger partial charge in [0.25, 0.3) is 5.91 Å². The maximum atomic E-state index is 14.0. The molecule has 0 aromatic heterocycles. The van der Waals surface area contributed by atoms with E-state index in [9.17, 15) is 14.0 Å². The van der Waals surface area contributed by atoms with Gasteiger partial charge in [-0.15, -0.1) is 0 Å². The van der Waals surface area contributed by atoms with Gasteiger partial charge in [0.2, 0.25) is 0 Å². The lowest BCUT2D eigenvalue weighted by Gasteiger charge is -2.18. The van der Waals surface area contributed by atoms with Crippen molar-refractivity contribution in [3.8, 4) is 0 Å². The van der Waals surface area contributed by atoms with Crippen LogP contribution in [0.4, 0.5) is 10.1 Å². The topological polar surface area (TPSA) is 60.9 Å². The Morgan fingerprint density at radius 3 is 2.60 bits per heavy atom. The van der Waals surface area contributed by atoms with E-state index in [1.807, 2.05) is 0 Å². The predicted octanol–water partition coefficient (Wildman–Crippen LogP) is 1.44. The van der Waals surface area contributed by atoms with E-state index < -0.39 is 23.6 Å². The van der Waals surface area contributed by atoms with Gasteiger partial charge in [0.15, 0.2) is 0 Å². The number of anilines is 1. The Bertz CT molecular complexity index is 545. The Morgan fingerprint density at radius 1 is 1.40 bits per heavy atom. The molecule has 6 heteroatoms. The van der Waals surface area contributed by atoms with E-state index in [0.717, 1.165) is 0 Å². The predicted molar refractivity (Wildman–Crippen MR) is 72.4 cm³/mol. The molecule has 0 bridgehead atoms. The number of carboxylic acids is 1. The highest BCUT2D eigenvalue weighted by atomic mass is 19.1. The summed E-state index contributed by atoms with van der Waals surface area (Å²) in [5, 5.41) is 8.92. The van der Waals surface area contributed by atoms with Crippen molar-refractivity contribution in [1.82, 2.24) is 4.90 Å². The van der Waals surface area contributed by atoms with Crippen LogP contribution >= 0.6 is 0 Å². The minimum atomic E-state index is -0.913. The lowest BCUT2D eigenvalue weighted by atomic mass is 10.1. The van der Waals surface area contributed by atoms with Crippen molar-refractivity contribution in [3.05, 3.63) is 29.6 Å². The summed E-state index contributed by atoms with van der Waals surface area (Å²) in [6, 6.07) is 4.42. The maximum absolute atomic E-state index is 14.0. The van der Waals surface area contributed by atoms with Crippen molar-refractivity contribution in [3.63, 3.8) is 0 Å². The molecule has 1 saturated heterocycles. The van der Waals surface area contributed by atoms with Crippen molar-refractivity contribution in [1.29, 1.82) is 0 Å². The normalized spacial score (nSPS) is 18.1. The first-order chi connectivity index (χ1) is 9.40. The molecule has 1 aliphatic heterocycles. The lowest BCUT2D eigenvalue weighted by Crippen LogP contribution is -2.30. The van der Waals surface area contributed by atoms with Gasteiger partial charge in [-0.1, -0.05) is 0 Å². The van der Waals surface area contributed by atoms with E-state index in [-0.39, 0.29) is 12.1 Å². The molecule has 0 radical (unpaired) electrons. The number of benzene rings is 1. The molecule has 108 valence electrons. The smallest absolute Gasteiger partial charge is 0.308 e. The van der Waals surface area contributed by atoms with Crippen LogP contribution in [0.3, 0.4) is 0 Å². The van der Waals surface area contributed by atoms with Crippen LogP contribution < -0.4 is 4.90 Å². The summed E-state index contributed by atoms with van der Waals surface area (Å²) in [5.41, 5.74) is 0.658. The molecule has 0 spiro atoms. The van der Waals surface area contributed by atoms with E-state index in [1.165, 1.54) is 17.0 Å². The number of carboxylic acid groups (broad SMARTS) is 1. The molecule has 2 rings (SSSR count). The lowest BCUT2D eigenvalue weighted by molar-refractivity contribution is -0.141. The molecular weight excluding hydrogens is 263 g/mol. The number of halogens is 1. The number of nitrogens with zero attached hydrogens (tertiary/aromatic N) is 2. The summed E-state index contributed by atoms with van der Waals surface area (Å²) in [4.78, 5) is 26.2. The zero-order chi connectivity index (χ0) is 14.9. The van der Waals surface area contributed by atoms with Crippen molar-refractivity contribution < 1.29 is 19.1 Å². The molecule has 1 heterocycles. The summed E-state index contributed by atoms with van der Waals surface area (Å²) >= 11 is 0. The molecule has 1 unspecified atom stereocenters. The number of hydrogen-bond donors (Lipinski definition) is 1. The Hall–Kier alpha value is -2.11. The van der Waals surface area contributed by atoms with Gasteiger partial charge in [-0.2, -0.15) is 0 Å². The molecule has 1 atom stereocenters. The zero-order valence-electron chi connectivity index (χ0n) is 11.5. The molecule has 0 saturated carbocycles. The third kappa shape index (κ3) is 2.74. The molecule has 0 aliphatic carbocycles. The van der Waals surface area contributed by atoms with Gasteiger partial charge in [0, 0.05) is 32.9 Å². The molecule has 1 fully saturated rings. The third-order valence-corrected chi connectivity index (χ3v) is 3.52. The summed E-state index contributed by atoms with van der Waals surface area (Å²) in [6.07, 6.45) is 0.415.